The van der Waals surface area contributed by atoms with E-state index >= 15 is 0 Å². The predicted octanol–water partition coefficient (Wildman–Crippen LogP) is 1.83. The van der Waals surface area contributed by atoms with Gasteiger partial charge in [-0.1, -0.05) is 68.3 Å². The van der Waals surface area contributed by atoms with E-state index in [-0.39, 0.29) is 36.9 Å². The summed E-state index contributed by atoms with van der Waals surface area (Å²) >= 11 is 0. The Morgan fingerprint density at radius 1 is 1.17 bits per heavy atom. The van der Waals surface area contributed by atoms with E-state index in [4.69, 9.17) is 9.36 Å². The molecule has 1 aromatic heterocycles. The Balaban J connectivity index is 1.71. The lowest BCUT2D eigenvalue weighted by Crippen LogP contribution is -2.56. The molecule has 35 heavy (non-hydrogen) atoms. The molecule has 3 rings (SSSR count). The first kappa shape index (κ1) is 26.4. The molecule has 4 N–H and O–H groups in total. The molecule has 0 bridgehead atoms. The Labute approximate surface area is 205 Å². The Morgan fingerprint density at radius 2 is 1.89 bits per heavy atom. The van der Waals surface area contributed by atoms with Crippen LogP contribution in [0.2, 0.25) is 0 Å². The molecule has 1 aliphatic heterocycles. The number of hydrogen-bond donors (Lipinski definition) is 4. The minimum Gasteiger partial charge on any atom is -0.426 e. The average molecular weight is 484 g/mol. The molecule has 2 atom stereocenters. The van der Waals surface area contributed by atoms with Gasteiger partial charge in [0.05, 0.1) is 18.2 Å². The van der Waals surface area contributed by atoms with E-state index in [9.17, 15) is 19.6 Å². The first-order valence-electron chi connectivity index (χ1n) is 11.8. The Kier molecular flexibility index (Phi) is 8.69. The SMILES string of the molecule is CC(C)C[C@H](NC(=O)C1(Cc2ccccc2)CC(CNC(=O)c2cc(C(C)C)on2)=NO1)B(O)O. The van der Waals surface area contributed by atoms with Gasteiger partial charge in [-0.25, -0.2) is 0 Å². The number of carbonyl (C=O) groups excluding carboxylic acids is 2. The molecule has 0 spiro atoms. The van der Waals surface area contributed by atoms with Crippen LogP contribution in [0.5, 0.6) is 0 Å². The van der Waals surface area contributed by atoms with Crippen LogP contribution in [0.1, 0.15) is 68.3 Å². The standard InChI is InChI=1S/C24H33BN4O6/c1-15(2)10-21(25(32)33)27-23(31)24(12-17-8-6-5-7-9-17)13-18(28-35-24)14-26-22(30)19-11-20(16(3)4)34-29-19/h5-9,11,15-16,21,32-33H,10,12-14H2,1-4H3,(H,26,30)(H,27,31)/t21-,24?/m0/s1. The number of rotatable bonds is 11. The van der Waals surface area contributed by atoms with Gasteiger partial charge >= 0.3 is 7.12 Å². The van der Waals surface area contributed by atoms with Crippen LogP contribution in [-0.4, -0.2) is 57.9 Å². The second-order valence-corrected chi connectivity index (χ2v) is 9.66. The van der Waals surface area contributed by atoms with Crippen LogP contribution in [0, 0.1) is 5.92 Å². The number of nitrogens with zero attached hydrogens (tertiary/aromatic N) is 2. The summed E-state index contributed by atoms with van der Waals surface area (Å²) in [6, 6.07) is 10.9. The fourth-order valence-corrected chi connectivity index (χ4v) is 3.87. The highest BCUT2D eigenvalue weighted by molar-refractivity contribution is 6.43. The fourth-order valence-electron chi connectivity index (χ4n) is 3.87. The minimum absolute atomic E-state index is 0.0601. The van der Waals surface area contributed by atoms with E-state index in [2.05, 4.69) is 20.9 Å². The molecular formula is C24H33BN4O6. The van der Waals surface area contributed by atoms with E-state index in [1.165, 1.54) is 0 Å². The summed E-state index contributed by atoms with van der Waals surface area (Å²) < 4.78 is 5.17. The van der Waals surface area contributed by atoms with Gasteiger partial charge in [-0.05, 0) is 17.9 Å². The van der Waals surface area contributed by atoms with Gasteiger partial charge in [0.25, 0.3) is 11.8 Å². The molecule has 0 fully saturated rings. The van der Waals surface area contributed by atoms with Gasteiger partial charge in [0.2, 0.25) is 5.60 Å². The number of oxime groups is 1. The van der Waals surface area contributed by atoms with Crippen molar-refractivity contribution in [3.05, 3.63) is 53.4 Å². The summed E-state index contributed by atoms with van der Waals surface area (Å²) in [4.78, 5) is 31.6. The summed E-state index contributed by atoms with van der Waals surface area (Å²) in [7, 11) is -1.71. The maximum atomic E-state index is 13.4. The molecule has 0 saturated carbocycles. The van der Waals surface area contributed by atoms with Gasteiger partial charge in [-0.2, -0.15) is 0 Å². The summed E-state index contributed by atoms with van der Waals surface area (Å²) in [5.41, 5.74) is 0.110. The molecule has 2 heterocycles. The zero-order valence-electron chi connectivity index (χ0n) is 20.5. The number of nitrogens with one attached hydrogen (secondary N) is 2. The fraction of sp³-hybridized carbons (Fsp3) is 0.500. The third-order valence-electron chi connectivity index (χ3n) is 5.77. The molecule has 0 radical (unpaired) electrons. The molecule has 1 aromatic carbocycles. The molecule has 2 aromatic rings. The van der Waals surface area contributed by atoms with Gasteiger partial charge < -0.3 is 30.0 Å². The van der Waals surface area contributed by atoms with Crippen molar-refractivity contribution >= 4 is 24.6 Å². The van der Waals surface area contributed by atoms with Crippen LogP contribution in [0.3, 0.4) is 0 Å². The quantitative estimate of drug-likeness (QED) is 0.356. The normalized spacial score (nSPS) is 18.2. The lowest BCUT2D eigenvalue weighted by molar-refractivity contribution is -0.144. The first-order chi connectivity index (χ1) is 16.6. The van der Waals surface area contributed by atoms with Crippen molar-refractivity contribution < 1.29 is 29.0 Å². The zero-order chi connectivity index (χ0) is 25.6. The van der Waals surface area contributed by atoms with E-state index < -0.39 is 30.5 Å². The van der Waals surface area contributed by atoms with Crippen molar-refractivity contribution in [3.63, 3.8) is 0 Å². The van der Waals surface area contributed by atoms with Crippen molar-refractivity contribution in [2.75, 3.05) is 6.54 Å². The maximum Gasteiger partial charge on any atom is 0.475 e. The molecule has 0 saturated heterocycles. The van der Waals surface area contributed by atoms with Crippen molar-refractivity contribution in [2.24, 2.45) is 11.1 Å². The second kappa shape index (κ2) is 11.5. The van der Waals surface area contributed by atoms with Gasteiger partial charge in [0.1, 0.15) is 5.76 Å². The van der Waals surface area contributed by atoms with Crippen molar-refractivity contribution in [2.45, 2.75) is 64.4 Å². The topological polar surface area (TPSA) is 146 Å². The van der Waals surface area contributed by atoms with Crippen LogP contribution in [0.4, 0.5) is 0 Å². The monoisotopic (exact) mass is 484 g/mol. The molecule has 188 valence electrons. The Hall–Kier alpha value is -3.18. The summed E-state index contributed by atoms with van der Waals surface area (Å²) in [5.74, 6) is -0.934. The summed E-state index contributed by atoms with van der Waals surface area (Å²) in [5, 5.41) is 32.9. The lowest BCUT2D eigenvalue weighted by Gasteiger charge is -2.29. The van der Waals surface area contributed by atoms with Gasteiger partial charge in [-0.15, -0.1) is 0 Å². The van der Waals surface area contributed by atoms with Crippen LogP contribution in [-0.2, 0) is 16.1 Å². The number of amides is 2. The lowest BCUT2D eigenvalue weighted by atomic mass is 9.74. The smallest absolute Gasteiger partial charge is 0.426 e. The highest BCUT2D eigenvalue weighted by atomic mass is 16.7. The summed E-state index contributed by atoms with van der Waals surface area (Å²) in [6.07, 6.45) is 0.724. The largest absolute Gasteiger partial charge is 0.475 e. The highest BCUT2D eigenvalue weighted by Gasteiger charge is 2.48. The van der Waals surface area contributed by atoms with Crippen LogP contribution in [0.15, 0.2) is 46.1 Å². The predicted molar refractivity (Wildman–Crippen MR) is 131 cm³/mol. The maximum absolute atomic E-state index is 13.4. The Morgan fingerprint density at radius 3 is 2.49 bits per heavy atom. The molecule has 10 nitrogen and oxygen atoms in total. The van der Waals surface area contributed by atoms with Crippen molar-refractivity contribution in [3.8, 4) is 0 Å². The highest BCUT2D eigenvalue weighted by Crippen LogP contribution is 2.29. The Bertz CT molecular complexity index is 1040. The zero-order valence-corrected chi connectivity index (χ0v) is 20.5. The first-order valence-corrected chi connectivity index (χ1v) is 11.8. The van der Waals surface area contributed by atoms with Crippen molar-refractivity contribution in [1.29, 1.82) is 0 Å². The van der Waals surface area contributed by atoms with Crippen LogP contribution in [0.25, 0.3) is 0 Å². The number of hydrogen-bond acceptors (Lipinski definition) is 8. The average Bonchev–Trinajstić information content (AvgIpc) is 3.46. The molecule has 1 aliphatic rings. The van der Waals surface area contributed by atoms with E-state index in [0.717, 1.165) is 5.56 Å². The van der Waals surface area contributed by atoms with Gasteiger partial charge in [-0.3, -0.25) is 9.59 Å². The van der Waals surface area contributed by atoms with E-state index in [1.54, 1.807) is 6.07 Å². The van der Waals surface area contributed by atoms with Crippen molar-refractivity contribution in [1.82, 2.24) is 15.8 Å². The second-order valence-electron chi connectivity index (χ2n) is 9.66. The molecule has 0 aliphatic carbocycles. The van der Waals surface area contributed by atoms with E-state index in [1.807, 2.05) is 58.0 Å². The minimum atomic E-state index is -1.71. The summed E-state index contributed by atoms with van der Waals surface area (Å²) in [6.45, 7) is 7.79. The van der Waals surface area contributed by atoms with Crippen LogP contribution < -0.4 is 10.6 Å². The number of aromatic nitrogens is 1. The third kappa shape index (κ3) is 6.92. The van der Waals surface area contributed by atoms with Gasteiger partial charge in [0.15, 0.2) is 5.69 Å². The number of carbonyl (C=O) groups is 2. The molecule has 2 amide bonds. The van der Waals surface area contributed by atoms with Crippen LogP contribution >= 0.6 is 0 Å². The van der Waals surface area contributed by atoms with E-state index in [0.29, 0.717) is 17.9 Å². The third-order valence-corrected chi connectivity index (χ3v) is 5.77. The molecular weight excluding hydrogens is 451 g/mol. The molecule has 11 heteroatoms. The molecule has 1 unspecified atom stereocenters. The number of benzene rings is 1. The van der Waals surface area contributed by atoms with Gasteiger partial charge in [0, 0.05) is 24.8 Å².